The van der Waals surface area contributed by atoms with Crippen LogP contribution >= 0.6 is 0 Å². The van der Waals surface area contributed by atoms with Crippen molar-refractivity contribution in [2.24, 2.45) is 0 Å². The van der Waals surface area contributed by atoms with Gasteiger partial charge in [0.15, 0.2) is 0 Å². The highest BCUT2D eigenvalue weighted by molar-refractivity contribution is 7.92. The maximum atomic E-state index is 14.1. The second kappa shape index (κ2) is 15.5. The first-order chi connectivity index (χ1) is 20.1. The van der Waals surface area contributed by atoms with Crippen LogP contribution in [0.3, 0.4) is 0 Å². The highest BCUT2D eigenvalue weighted by Gasteiger charge is 2.33. The van der Waals surface area contributed by atoms with Crippen LogP contribution in [0, 0.1) is 6.92 Å². The molecule has 0 saturated heterocycles. The minimum atomic E-state index is -4.08. The normalized spacial score (nSPS) is 12.1. The fraction of sp³-hybridized carbons (Fsp3) is 0.412. The topological polar surface area (TPSA) is 86.8 Å². The lowest BCUT2D eigenvalue weighted by Crippen LogP contribution is -2.53. The van der Waals surface area contributed by atoms with Crippen LogP contribution in [0.2, 0.25) is 0 Å². The maximum Gasteiger partial charge on any atom is 0.264 e. The lowest BCUT2D eigenvalue weighted by molar-refractivity contribution is -0.139. The van der Waals surface area contributed by atoms with Gasteiger partial charge in [-0.05, 0) is 67.5 Å². The van der Waals surface area contributed by atoms with E-state index in [-0.39, 0.29) is 23.3 Å². The van der Waals surface area contributed by atoms with E-state index in [1.54, 1.807) is 41.3 Å². The van der Waals surface area contributed by atoms with Gasteiger partial charge in [0.2, 0.25) is 11.8 Å². The molecule has 0 aliphatic rings. The summed E-state index contributed by atoms with van der Waals surface area (Å²) < 4.78 is 29.2. The lowest BCUT2D eigenvalue weighted by Gasteiger charge is -2.33. The Morgan fingerprint density at radius 1 is 0.881 bits per heavy atom. The summed E-state index contributed by atoms with van der Waals surface area (Å²) in [5, 5.41) is 2.97. The number of hydrogen-bond acceptors (Lipinski definition) is 4. The molecule has 0 aromatic heterocycles. The summed E-state index contributed by atoms with van der Waals surface area (Å²) in [7, 11) is -4.08. The van der Waals surface area contributed by atoms with Crippen LogP contribution in [0.5, 0.6) is 0 Å². The monoisotopic (exact) mass is 591 g/mol. The smallest absolute Gasteiger partial charge is 0.264 e. The predicted molar refractivity (Wildman–Crippen MR) is 170 cm³/mol. The Labute approximate surface area is 252 Å². The van der Waals surface area contributed by atoms with Crippen LogP contribution in [0.25, 0.3) is 0 Å². The molecule has 3 aromatic rings. The van der Waals surface area contributed by atoms with Gasteiger partial charge in [-0.1, -0.05) is 94.3 Å². The lowest BCUT2D eigenvalue weighted by atomic mass is 10.0. The first-order valence-corrected chi connectivity index (χ1v) is 16.3. The van der Waals surface area contributed by atoms with Crippen LogP contribution in [-0.4, -0.2) is 50.8 Å². The molecule has 0 heterocycles. The minimum absolute atomic E-state index is 0.106. The zero-order valence-corrected chi connectivity index (χ0v) is 26.4. The molecule has 0 fully saturated rings. The molecule has 7 nitrogen and oxygen atoms in total. The van der Waals surface area contributed by atoms with Gasteiger partial charge in [-0.15, -0.1) is 0 Å². The Kier molecular flexibility index (Phi) is 12.2. The van der Waals surface area contributed by atoms with E-state index in [9.17, 15) is 18.0 Å². The van der Waals surface area contributed by atoms with Gasteiger partial charge in [-0.25, -0.2) is 8.42 Å². The summed E-state index contributed by atoms with van der Waals surface area (Å²) in [4.78, 5) is 29.1. The van der Waals surface area contributed by atoms with Crippen molar-refractivity contribution in [2.75, 3.05) is 23.9 Å². The van der Waals surface area contributed by atoms with Crippen LogP contribution in [0.4, 0.5) is 5.69 Å². The van der Waals surface area contributed by atoms with E-state index in [4.69, 9.17) is 0 Å². The number of aryl methyl sites for hydroxylation is 1. The molecule has 0 bridgehead atoms. The second-order valence-corrected chi connectivity index (χ2v) is 12.8. The van der Waals surface area contributed by atoms with Crippen molar-refractivity contribution in [2.45, 2.75) is 77.2 Å². The van der Waals surface area contributed by atoms with Gasteiger partial charge in [-0.3, -0.25) is 13.9 Å². The van der Waals surface area contributed by atoms with Crippen molar-refractivity contribution < 1.29 is 18.0 Å². The van der Waals surface area contributed by atoms with Crippen molar-refractivity contribution in [3.63, 3.8) is 0 Å². The molecule has 0 spiro atoms. The minimum Gasteiger partial charge on any atom is -0.354 e. The third-order valence-corrected chi connectivity index (χ3v) is 9.22. The van der Waals surface area contributed by atoms with Crippen LogP contribution < -0.4 is 9.62 Å². The second-order valence-electron chi connectivity index (χ2n) is 11.0. The third kappa shape index (κ3) is 8.68. The van der Waals surface area contributed by atoms with Crippen LogP contribution in [0.15, 0.2) is 83.8 Å². The molecule has 226 valence electrons. The van der Waals surface area contributed by atoms with E-state index in [2.05, 4.69) is 26.1 Å². The summed E-state index contributed by atoms with van der Waals surface area (Å²) in [6.07, 6.45) is 2.73. The summed E-state index contributed by atoms with van der Waals surface area (Å²) >= 11 is 0. The average Bonchev–Trinajstić information content (AvgIpc) is 2.98. The van der Waals surface area contributed by atoms with Gasteiger partial charge in [0.05, 0.1) is 10.6 Å². The number of nitrogens with one attached hydrogen (secondary N) is 1. The molecule has 3 rings (SSSR count). The number of carbonyl (C=O) groups excluding carboxylic acids is 2. The zero-order valence-electron chi connectivity index (χ0n) is 25.5. The molecule has 1 atom stereocenters. The molecule has 1 N–H and O–H groups in total. The Bertz CT molecular complexity index is 1390. The average molecular weight is 592 g/mol. The van der Waals surface area contributed by atoms with Crippen molar-refractivity contribution in [1.29, 1.82) is 0 Å². The summed E-state index contributed by atoms with van der Waals surface area (Å²) in [5.41, 5.74) is 3.43. The Morgan fingerprint density at radius 3 is 2.10 bits per heavy atom. The molecular weight excluding hydrogens is 546 g/mol. The number of hydrogen-bond donors (Lipinski definition) is 1. The van der Waals surface area contributed by atoms with Crippen molar-refractivity contribution in [1.82, 2.24) is 10.2 Å². The Balaban J connectivity index is 2.00. The number of carbonyl (C=O) groups is 2. The number of nitrogens with zero attached hydrogens (tertiary/aromatic N) is 2. The van der Waals surface area contributed by atoms with Crippen LogP contribution in [0.1, 0.15) is 69.6 Å². The van der Waals surface area contributed by atoms with Gasteiger partial charge >= 0.3 is 0 Å². The molecule has 0 saturated carbocycles. The van der Waals surface area contributed by atoms with Gasteiger partial charge in [0, 0.05) is 13.1 Å². The fourth-order valence-electron chi connectivity index (χ4n) is 4.79. The number of rotatable bonds is 15. The molecule has 3 aromatic carbocycles. The van der Waals surface area contributed by atoms with E-state index in [0.717, 1.165) is 29.5 Å². The molecule has 0 aliphatic heterocycles. The van der Waals surface area contributed by atoms with Gasteiger partial charge in [-0.2, -0.15) is 0 Å². The first kappa shape index (κ1) is 32.9. The SMILES string of the molecule is CCCCNC(=O)[C@@H](CC)N(CCc1ccccc1)C(=O)CN(c1ccc(C(C)C)cc1)S(=O)(=O)c1ccc(C)cc1. The van der Waals surface area contributed by atoms with Crippen molar-refractivity contribution in [3.05, 3.63) is 95.6 Å². The Morgan fingerprint density at radius 2 is 1.52 bits per heavy atom. The molecule has 8 heteroatoms. The summed E-state index contributed by atoms with van der Waals surface area (Å²) in [6, 6.07) is 23.0. The standard InChI is InChI=1S/C34H45N3O4S/c1-6-8-23-35-34(39)32(7-2)36(24-22-28-12-10-9-11-13-28)33(38)25-37(30-18-16-29(17-19-30)26(3)4)42(40,41)31-20-14-27(5)15-21-31/h9-21,26,32H,6-8,22-25H2,1-5H3,(H,35,39)/t32-/m1/s1. The molecule has 42 heavy (non-hydrogen) atoms. The molecule has 0 radical (unpaired) electrons. The van der Waals surface area contributed by atoms with Gasteiger partial charge in [0.1, 0.15) is 12.6 Å². The van der Waals surface area contributed by atoms with Gasteiger partial charge < -0.3 is 10.2 Å². The number of amides is 2. The number of anilines is 1. The highest BCUT2D eigenvalue weighted by atomic mass is 32.2. The van der Waals surface area contributed by atoms with E-state index < -0.39 is 28.5 Å². The third-order valence-electron chi connectivity index (χ3n) is 7.44. The predicted octanol–water partition coefficient (Wildman–Crippen LogP) is 6.08. The molecule has 0 aliphatic carbocycles. The summed E-state index contributed by atoms with van der Waals surface area (Å²) in [6.45, 7) is 10.3. The number of unbranched alkanes of at least 4 members (excludes halogenated alkanes) is 1. The van der Waals surface area contributed by atoms with E-state index >= 15 is 0 Å². The van der Waals surface area contributed by atoms with E-state index in [1.165, 1.54) is 4.31 Å². The molecule has 0 unspecified atom stereocenters. The number of sulfonamides is 1. The number of benzene rings is 3. The van der Waals surface area contributed by atoms with Crippen molar-refractivity contribution >= 4 is 27.5 Å². The van der Waals surface area contributed by atoms with Crippen molar-refractivity contribution in [3.8, 4) is 0 Å². The molecular formula is C34H45N3O4S. The Hall–Kier alpha value is -3.65. The summed E-state index contributed by atoms with van der Waals surface area (Å²) in [5.74, 6) is -0.374. The maximum absolute atomic E-state index is 14.1. The van der Waals surface area contributed by atoms with Crippen LogP contribution in [-0.2, 0) is 26.0 Å². The van der Waals surface area contributed by atoms with E-state index in [0.29, 0.717) is 25.1 Å². The quantitative estimate of drug-likeness (QED) is 0.217. The largest absolute Gasteiger partial charge is 0.354 e. The first-order valence-electron chi connectivity index (χ1n) is 14.9. The zero-order chi connectivity index (χ0) is 30.7. The van der Waals surface area contributed by atoms with Gasteiger partial charge in [0.25, 0.3) is 10.0 Å². The molecule has 2 amide bonds. The van der Waals surface area contributed by atoms with E-state index in [1.807, 2.05) is 56.3 Å². The highest BCUT2D eigenvalue weighted by Crippen LogP contribution is 2.27. The fourth-order valence-corrected chi connectivity index (χ4v) is 6.21.